The summed E-state index contributed by atoms with van der Waals surface area (Å²) in [6.45, 7) is 10.4. The second-order valence-electron chi connectivity index (χ2n) is 17.2. The molecule has 5 aromatic rings. The van der Waals surface area contributed by atoms with Crippen LogP contribution in [0.4, 0.5) is 17.3 Å². The van der Waals surface area contributed by atoms with E-state index in [2.05, 4.69) is 32.1 Å². The highest BCUT2D eigenvalue weighted by atomic mass is 16.5. The highest BCUT2D eigenvalue weighted by Crippen LogP contribution is 2.34. The van der Waals surface area contributed by atoms with Crippen LogP contribution in [0.5, 0.6) is 5.75 Å². The van der Waals surface area contributed by atoms with E-state index in [-0.39, 0.29) is 42.0 Å². The van der Waals surface area contributed by atoms with Gasteiger partial charge in [0.1, 0.15) is 22.8 Å². The van der Waals surface area contributed by atoms with E-state index in [1.807, 2.05) is 29.2 Å². The normalized spacial score (nSPS) is 16.5. The van der Waals surface area contributed by atoms with Crippen molar-refractivity contribution in [2.75, 3.05) is 43.0 Å². The van der Waals surface area contributed by atoms with Crippen LogP contribution in [0, 0.1) is 0 Å². The Morgan fingerprint density at radius 2 is 1.64 bits per heavy atom. The number of aliphatic hydroxyl groups is 1. The fourth-order valence-electron chi connectivity index (χ4n) is 8.62. The van der Waals surface area contributed by atoms with Gasteiger partial charge in [-0.15, -0.1) is 6.58 Å². The molecule has 344 valence electrons. The number of carbonyl (C=O) groups is 5. The van der Waals surface area contributed by atoms with Crippen LogP contribution in [0.2, 0.25) is 0 Å². The number of hydrogen-bond acceptors (Lipinski definition) is 13. The standard InChI is InChI=1S/C48H54N10O8/c1-4-24-56-44(62)34-30-49-47(53-42(34)58(56)38-16-12-15-37(51-38)48(2,3)65)50-31-18-20-32(21-19-31)54-25-27-55(28-26-54)40(60)17-9-7-5-6-8-10-29-66-36-14-11-13-33-41(36)46(64)57(45(33)63)35-22-23-39(59)52-43(35)61/h4,11-16,18-21,30,35,65H,1,5-10,17,22-29H2,2-3H3,(H,49,50,53)(H,52,59,61). The summed E-state index contributed by atoms with van der Waals surface area (Å²) in [5.41, 5.74) is 1.48. The lowest BCUT2D eigenvalue weighted by atomic mass is 10.0. The lowest BCUT2D eigenvalue weighted by Gasteiger charge is -2.36. The molecule has 2 fully saturated rings. The van der Waals surface area contributed by atoms with E-state index in [0.29, 0.717) is 60.4 Å². The van der Waals surface area contributed by atoms with Crippen LogP contribution in [-0.2, 0) is 26.5 Å². The van der Waals surface area contributed by atoms with Gasteiger partial charge in [0.25, 0.3) is 17.4 Å². The minimum Gasteiger partial charge on any atom is -0.493 e. The second-order valence-corrected chi connectivity index (χ2v) is 17.2. The van der Waals surface area contributed by atoms with Crippen LogP contribution in [0.3, 0.4) is 0 Å². The van der Waals surface area contributed by atoms with Crippen LogP contribution in [0.25, 0.3) is 16.9 Å². The van der Waals surface area contributed by atoms with Crippen molar-refractivity contribution in [2.24, 2.45) is 0 Å². The molecule has 3 aliphatic rings. The Morgan fingerprint density at radius 1 is 0.909 bits per heavy atom. The van der Waals surface area contributed by atoms with Crippen LogP contribution in [-0.4, -0.2) is 108 Å². The van der Waals surface area contributed by atoms with E-state index in [1.165, 1.54) is 10.9 Å². The lowest BCUT2D eigenvalue weighted by Crippen LogP contribution is -2.54. The molecule has 1 atom stereocenters. The zero-order valence-electron chi connectivity index (χ0n) is 37.2. The highest BCUT2D eigenvalue weighted by Gasteiger charge is 2.46. The third-order valence-corrected chi connectivity index (χ3v) is 12.1. The Hall–Kier alpha value is -7.21. The third-order valence-electron chi connectivity index (χ3n) is 12.1. The Kier molecular flexibility index (Phi) is 13.4. The Balaban J connectivity index is 0.750. The third kappa shape index (κ3) is 9.59. The lowest BCUT2D eigenvalue weighted by molar-refractivity contribution is -0.136. The zero-order valence-corrected chi connectivity index (χ0v) is 37.2. The number of aromatic nitrogens is 5. The molecule has 2 aromatic carbocycles. The van der Waals surface area contributed by atoms with Gasteiger partial charge in [0.15, 0.2) is 11.5 Å². The average molecular weight is 899 g/mol. The number of piperidine rings is 1. The van der Waals surface area contributed by atoms with E-state index in [0.717, 1.165) is 67.9 Å². The number of pyridine rings is 1. The van der Waals surface area contributed by atoms with Gasteiger partial charge < -0.3 is 25.0 Å². The fourth-order valence-corrected chi connectivity index (χ4v) is 8.62. The van der Waals surface area contributed by atoms with Gasteiger partial charge in [-0.1, -0.05) is 43.9 Å². The topological polar surface area (TPSA) is 214 Å². The van der Waals surface area contributed by atoms with Gasteiger partial charge >= 0.3 is 0 Å². The van der Waals surface area contributed by atoms with Crippen molar-refractivity contribution in [1.82, 2.24) is 39.4 Å². The van der Waals surface area contributed by atoms with E-state index in [4.69, 9.17) is 9.72 Å². The first kappa shape index (κ1) is 45.4. The van der Waals surface area contributed by atoms with E-state index >= 15 is 0 Å². The van der Waals surface area contributed by atoms with Crippen LogP contribution >= 0.6 is 0 Å². The molecule has 18 heteroatoms. The molecule has 8 rings (SSSR count). The highest BCUT2D eigenvalue weighted by molar-refractivity contribution is 6.24. The van der Waals surface area contributed by atoms with Crippen molar-refractivity contribution in [3.63, 3.8) is 0 Å². The first-order valence-electron chi connectivity index (χ1n) is 22.5. The molecular weight excluding hydrogens is 845 g/mol. The minimum absolute atomic E-state index is 0.0575. The summed E-state index contributed by atoms with van der Waals surface area (Å²) in [6.07, 6.45) is 9.18. The Morgan fingerprint density at radius 3 is 2.36 bits per heavy atom. The molecule has 18 nitrogen and oxygen atoms in total. The smallest absolute Gasteiger partial charge is 0.278 e. The average Bonchev–Trinajstić information content (AvgIpc) is 3.73. The number of piperazine rings is 1. The predicted octanol–water partition coefficient (Wildman–Crippen LogP) is 4.99. The van der Waals surface area contributed by atoms with Crippen molar-refractivity contribution in [2.45, 2.75) is 89.8 Å². The largest absolute Gasteiger partial charge is 0.493 e. The first-order chi connectivity index (χ1) is 31.8. The van der Waals surface area contributed by atoms with Gasteiger partial charge in [0, 0.05) is 56.6 Å². The molecule has 6 heterocycles. The molecule has 0 saturated carbocycles. The van der Waals surface area contributed by atoms with Crippen molar-refractivity contribution in [3.05, 3.63) is 107 Å². The van der Waals surface area contributed by atoms with Crippen molar-refractivity contribution in [1.29, 1.82) is 0 Å². The number of unbranched alkanes of at least 4 members (excludes halogenated alkanes) is 5. The summed E-state index contributed by atoms with van der Waals surface area (Å²) in [4.78, 5) is 95.8. The maximum absolute atomic E-state index is 13.4. The molecule has 3 N–H and O–H groups in total. The number of carbonyl (C=O) groups excluding carboxylic acids is 5. The number of anilines is 3. The number of amides is 5. The number of allylic oxidation sites excluding steroid dienone is 1. The van der Waals surface area contributed by atoms with E-state index < -0.39 is 35.3 Å². The number of imide groups is 2. The number of ether oxygens (including phenoxy) is 1. The molecule has 3 aromatic heterocycles. The first-order valence-corrected chi connectivity index (χ1v) is 22.5. The van der Waals surface area contributed by atoms with Crippen LogP contribution < -0.4 is 25.8 Å². The number of rotatable bonds is 18. The van der Waals surface area contributed by atoms with Crippen LogP contribution in [0.15, 0.2) is 84.3 Å². The summed E-state index contributed by atoms with van der Waals surface area (Å²) >= 11 is 0. The monoisotopic (exact) mass is 898 g/mol. The summed E-state index contributed by atoms with van der Waals surface area (Å²) in [5, 5.41) is 16.4. The summed E-state index contributed by atoms with van der Waals surface area (Å²) in [6, 6.07) is 17.0. The molecule has 3 aliphatic heterocycles. The SMILES string of the molecule is C=CCn1c(=O)c2cnc(Nc3ccc(N4CCN(C(=O)CCCCCCCCOc5cccc6c5C(=O)N(C5CCC(=O)NC5=O)C6=O)CC4)cc3)nc2n1-c1cccc(C(C)(C)O)n1. The molecule has 2 saturated heterocycles. The van der Waals surface area contributed by atoms with Gasteiger partial charge in [-0.2, -0.15) is 4.98 Å². The molecule has 1 unspecified atom stereocenters. The van der Waals surface area contributed by atoms with Gasteiger partial charge in [-0.05, 0) is 81.6 Å². The van der Waals surface area contributed by atoms with Gasteiger partial charge in [-0.25, -0.2) is 19.3 Å². The Labute approximate surface area is 381 Å². The number of hydrogen-bond donors (Lipinski definition) is 3. The van der Waals surface area contributed by atoms with E-state index in [9.17, 15) is 33.9 Å². The van der Waals surface area contributed by atoms with Crippen LogP contribution in [0.1, 0.15) is 98.0 Å². The summed E-state index contributed by atoms with van der Waals surface area (Å²) < 4.78 is 9.05. The quantitative estimate of drug-likeness (QED) is 0.0601. The number of nitrogens with zero attached hydrogens (tertiary/aromatic N) is 8. The second kappa shape index (κ2) is 19.5. The summed E-state index contributed by atoms with van der Waals surface area (Å²) in [5.74, 6) is -1.01. The van der Waals surface area contributed by atoms with Crippen molar-refractivity contribution < 1.29 is 33.8 Å². The molecule has 66 heavy (non-hydrogen) atoms. The maximum atomic E-state index is 13.4. The van der Waals surface area contributed by atoms with Gasteiger partial charge in [-0.3, -0.25) is 39.0 Å². The molecule has 0 radical (unpaired) electrons. The van der Waals surface area contributed by atoms with E-state index in [1.54, 1.807) is 61.0 Å². The number of benzene rings is 2. The van der Waals surface area contributed by atoms with Gasteiger partial charge in [0.05, 0.1) is 30.0 Å². The predicted molar refractivity (Wildman–Crippen MR) is 246 cm³/mol. The Bertz CT molecular complexity index is 2730. The van der Waals surface area contributed by atoms with Crippen molar-refractivity contribution in [3.8, 4) is 11.6 Å². The summed E-state index contributed by atoms with van der Waals surface area (Å²) in [7, 11) is 0. The fraction of sp³-hybridized carbons (Fsp3) is 0.396. The minimum atomic E-state index is -1.19. The van der Waals surface area contributed by atoms with Crippen molar-refractivity contribution >= 4 is 57.9 Å². The molecule has 0 aliphatic carbocycles. The molecule has 0 spiro atoms. The number of nitrogens with one attached hydrogen (secondary N) is 2. The molecule has 5 amide bonds. The molecule has 0 bridgehead atoms. The van der Waals surface area contributed by atoms with Gasteiger partial charge in [0.2, 0.25) is 23.7 Å². The maximum Gasteiger partial charge on any atom is 0.278 e. The molecular formula is C48H54N10O8. The zero-order chi connectivity index (χ0) is 46.5. The number of fused-ring (bicyclic) bond motifs is 2.